The van der Waals surface area contributed by atoms with Crippen LogP contribution in [0.4, 0.5) is 0 Å². The highest BCUT2D eigenvalue weighted by Gasteiger charge is 2.39. The van der Waals surface area contributed by atoms with Crippen LogP contribution >= 0.6 is 7.92 Å². The van der Waals surface area contributed by atoms with Gasteiger partial charge in [-0.3, -0.25) is 14.4 Å². The fraction of sp³-hybridized carbons (Fsp3) is 0.483. The molecular formula is C29H39O6P. The van der Waals surface area contributed by atoms with E-state index in [2.05, 4.69) is 0 Å². The van der Waals surface area contributed by atoms with Gasteiger partial charge >= 0.3 is 5.97 Å². The first kappa shape index (κ1) is 29.8. The molecule has 0 fully saturated rings. The largest absolute Gasteiger partial charge is 0.463 e. The lowest BCUT2D eigenvalue weighted by molar-refractivity contribution is -0.145. The maximum absolute atomic E-state index is 14.2. The van der Waals surface area contributed by atoms with E-state index in [1.54, 1.807) is 6.92 Å². The lowest BCUT2D eigenvalue weighted by atomic mass is 10.0. The molecule has 6 nitrogen and oxygen atoms in total. The third-order valence-electron chi connectivity index (χ3n) is 5.92. The number of carbonyl (C=O) groups is 3. The molecule has 0 aliphatic heterocycles. The Morgan fingerprint density at radius 2 is 1.19 bits per heavy atom. The maximum Gasteiger partial charge on any atom is 0.305 e. The normalized spacial score (nSPS) is 12.0. The Balaban J connectivity index is 2.57. The molecule has 0 heterocycles. The van der Waals surface area contributed by atoms with Gasteiger partial charge in [0.1, 0.15) is 12.5 Å². The fourth-order valence-electron chi connectivity index (χ4n) is 4.49. The summed E-state index contributed by atoms with van der Waals surface area (Å²) in [5.41, 5.74) is 6.13. The van der Waals surface area contributed by atoms with Crippen LogP contribution in [0.5, 0.6) is 0 Å². The van der Waals surface area contributed by atoms with E-state index in [0.29, 0.717) is 17.7 Å². The van der Waals surface area contributed by atoms with Crippen molar-refractivity contribution < 1.29 is 28.6 Å². The predicted molar refractivity (Wildman–Crippen MR) is 144 cm³/mol. The van der Waals surface area contributed by atoms with Gasteiger partial charge in [-0.1, -0.05) is 42.3 Å². The molecule has 0 aliphatic carbocycles. The summed E-state index contributed by atoms with van der Waals surface area (Å²) in [5.74, 6) is -1.10. The summed E-state index contributed by atoms with van der Waals surface area (Å²) >= 11 is 0. The molecule has 0 saturated heterocycles. The lowest BCUT2D eigenvalue weighted by Gasteiger charge is -2.27. The molecule has 2 aromatic rings. The SMILES string of the molecule is CCOCC(OCCOC(=O)CC)P(C(=O)c1c(C)cc(C)cc1C)C(=O)c1c(C)cc(C)cc1C. The van der Waals surface area contributed by atoms with Crippen molar-refractivity contribution in [2.75, 3.05) is 26.4 Å². The molecule has 0 amide bonds. The van der Waals surface area contributed by atoms with Crippen LogP contribution in [0.3, 0.4) is 0 Å². The van der Waals surface area contributed by atoms with Crippen LogP contribution in [0.1, 0.15) is 74.4 Å². The molecule has 36 heavy (non-hydrogen) atoms. The van der Waals surface area contributed by atoms with Crippen LogP contribution in [0.15, 0.2) is 24.3 Å². The van der Waals surface area contributed by atoms with Gasteiger partial charge < -0.3 is 14.2 Å². The summed E-state index contributed by atoms with van der Waals surface area (Å²) < 4.78 is 16.9. The van der Waals surface area contributed by atoms with Crippen LogP contribution in [-0.2, 0) is 19.0 Å². The van der Waals surface area contributed by atoms with Crippen molar-refractivity contribution in [3.05, 3.63) is 68.8 Å². The monoisotopic (exact) mass is 514 g/mol. The van der Waals surface area contributed by atoms with Crippen LogP contribution in [0.2, 0.25) is 0 Å². The number of benzene rings is 2. The number of carbonyl (C=O) groups excluding carboxylic acids is 3. The molecule has 196 valence electrons. The predicted octanol–water partition coefficient (Wildman–Crippen LogP) is 6.33. The zero-order valence-corrected chi connectivity index (χ0v) is 23.7. The first-order valence-electron chi connectivity index (χ1n) is 12.4. The molecule has 0 N–H and O–H groups in total. The van der Waals surface area contributed by atoms with E-state index >= 15 is 0 Å². The van der Waals surface area contributed by atoms with Crippen molar-refractivity contribution in [1.29, 1.82) is 0 Å². The highest BCUT2D eigenvalue weighted by atomic mass is 31.1. The Morgan fingerprint density at radius 3 is 1.58 bits per heavy atom. The highest BCUT2D eigenvalue weighted by molar-refractivity contribution is 7.90. The smallest absolute Gasteiger partial charge is 0.305 e. The molecule has 7 heteroatoms. The van der Waals surface area contributed by atoms with E-state index < -0.39 is 13.8 Å². The third kappa shape index (κ3) is 7.55. The lowest BCUT2D eigenvalue weighted by Crippen LogP contribution is -2.28. The second-order valence-corrected chi connectivity index (χ2v) is 11.2. The summed E-state index contributed by atoms with van der Waals surface area (Å²) in [6.07, 6.45) is 0.268. The summed E-state index contributed by atoms with van der Waals surface area (Å²) in [4.78, 5) is 39.9. The van der Waals surface area contributed by atoms with Crippen LogP contribution in [0.25, 0.3) is 0 Å². The van der Waals surface area contributed by atoms with Crippen molar-refractivity contribution in [2.24, 2.45) is 0 Å². The van der Waals surface area contributed by atoms with E-state index in [1.807, 2.05) is 72.7 Å². The van der Waals surface area contributed by atoms with Crippen LogP contribution in [-0.4, -0.2) is 49.3 Å². The minimum absolute atomic E-state index is 0.0476. The summed E-state index contributed by atoms with van der Waals surface area (Å²) in [5, 5.41) is 0. The Morgan fingerprint density at radius 1 is 0.750 bits per heavy atom. The van der Waals surface area contributed by atoms with E-state index in [-0.39, 0.29) is 43.3 Å². The van der Waals surface area contributed by atoms with Crippen LogP contribution < -0.4 is 0 Å². The number of rotatable bonds is 13. The van der Waals surface area contributed by atoms with Crippen molar-refractivity contribution in [2.45, 2.75) is 67.7 Å². The van der Waals surface area contributed by atoms with Gasteiger partial charge in [-0.15, -0.1) is 0 Å². The number of esters is 1. The Kier molecular flexibility index (Phi) is 11.4. The van der Waals surface area contributed by atoms with Crippen LogP contribution in [0, 0.1) is 41.5 Å². The van der Waals surface area contributed by atoms with Gasteiger partial charge in [-0.25, -0.2) is 0 Å². The topological polar surface area (TPSA) is 78.9 Å². The molecule has 2 rings (SSSR count). The third-order valence-corrected chi connectivity index (χ3v) is 8.11. The van der Waals surface area contributed by atoms with E-state index in [0.717, 1.165) is 33.4 Å². The molecule has 0 bridgehead atoms. The summed E-state index contributed by atoms with van der Waals surface area (Å²) in [7, 11) is -2.00. The molecule has 0 spiro atoms. The van der Waals surface area contributed by atoms with E-state index in [9.17, 15) is 14.4 Å². The zero-order valence-electron chi connectivity index (χ0n) is 22.8. The minimum Gasteiger partial charge on any atom is -0.463 e. The van der Waals surface area contributed by atoms with Crippen molar-refractivity contribution in [3.63, 3.8) is 0 Å². The van der Waals surface area contributed by atoms with Gasteiger partial charge in [0.05, 0.1) is 21.1 Å². The summed E-state index contributed by atoms with van der Waals surface area (Å²) in [6.45, 7) is 15.8. The average Bonchev–Trinajstić information content (AvgIpc) is 2.78. The molecule has 0 aliphatic rings. The molecule has 1 unspecified atom stereocenters. The molecule has 2 aromatic carbocycles. The standard InChI is InChI=1S/C29H39O6P/c1-9-24(30)34-11-12-35-25(17-33-10-2)36(28(31)26-20(5)13-18(3)14-21(26)6)29(32)27-22(7)15-19(4)16-23(27)8/h13-16,25H,9-12,17H2,1-8H3. The second-order valence-electron chi connectivity index (χ2n) is 9.09. The molecule has 0 saturated carbocycles. The van der Waals surface area contributed by atoms with Crippen molar-refractivity contribution in [1.82, 2.24) is 0 Å². The number of aryl methyl sites for hydroxylation is 6. The van der Waals surface area contributed by atoms with Gasteiger partial charge in [0.15, 0.2) is 11.0 Å². The van der Waals surface area contributed by atoms with E-state index in [4.69, 9.17) is 14.2 Å². The number of ether oxygens (including phenoxy) is 3. The second kappa shape index (κ2) is 13.8. The van der Waals surface area contributed by atoms with Crippen molar-refractivity contribution in [3.8, 4) is 0 Å². The van der Waals surface area contributed by atoms with Gasteiger partial charge in [-0.2, -0.15) is 0 Å². The molecule has 0 aromatic heterocycles. The van der Waals surface area contributed by atoms with Gasteiger partial charge in [-0.05, 0) is 70.7 Å². The zero-order chi connectivity index (χ0) is 27.0. The Labute approximate surface area is 216 Å². The summed E-state index contributed by atoms with van der Waals surface area (Å²) in [6, 6.07) is 7.85. The average molecular weight is 515 g/mol. The quantitative estimate of drug-likeness (QED) is 0.177. The fourth-order valence-corrected chi connectivity index (χ4v) is 6.89. The van der Waals surface area contributed by atoms with Gasteiger partial charge in [0.25, 0.3) is 0 Å². The molecular weight excluding hydrogens is 475 g/mol. The first-order chi connectivity index (χ1) is 17.0. The Hall–Kier alpha value is -2.40. The minimum atomic E-state index is -2.00. The maximum atomic E-state index is 14.2. The van der Waals surface area contributed by atoms with Gasteiger partial charge in [0, 0.05) is 24.2 Å². The van der Waals surface area contributed by atoms with E-state index in [1.165, 1.54) is 0 Å². The van der Waals surface area contributed by atoms with Gasteiger partial charge in [0.2, 0.25) is 0 Å². The molecule has 0 radical (unpaired) electrons. The first-order valence-corrected chi connectivity index (χ1v) is 13.8. The molecule has 1 atom stereocenters. The van der Waals surface area contributed by atoms with Crippen molar-refractivity contribution >= 4 is 24.9 Å². The number of hydrogen-bond acceptors (Lipinski definition) is 6. The highest BCUT2D eigenvalue weighted by Crippen LogP contribution is 2.50. The number of hydrogen-bond donors (Lipinski definition) is 0. The Bertz CT molecular complexity index is 991.